The average Bonchev–Trinajstić information content (AvgIpc) is 2.19. The zero-order valence-electron chi connectivity index (χ0n) is 9.00. The predicted octanol–water partition coefficient (Wildman–Crippen LogP) is 2.31. The highest BCUT2D eigenvalue weighted by atomic mass is 15.1. The van der Waals surface area contributed by atoms with Crippen LogP contribution in [0.1, 0.15) is 38.5 Å². The van der Waals surface area contributed by atoms with Crippen LogP contribution in [0.15, 0.2) is 0 Å². The quantitative estimate of drug-likeness (QED) is 0.556. The molecule has 0 rings (SSSR count). The third kappa shape index (κ3) is 9.03. The Morgan fingerprint density at radius 1 is 0.857 bits per heavy atom. The SMILES string of the molecule is CN(CCCCC#N)CCCCC#N. The monoisotopic (exact) mass is 193 g/mol. The van der Waals surface area contributed by atoms with Crippen molar-refractivity contribution in [3.63, 3.8) is 0 Å². The number of nitriles is 2. The molecule has 3 nitrogen and oxygen atoms in total. The van der Waals surface area contributed by atoms with Crippen LogP contribution in [0.2, 0.25) is 0 Å². The van der Waals surface area contributed by atoms with Crippen molar-refractivity contribution >= 4 is 0 Å². The summed E-state index contributed by atoms with van der Waals surface area (Å²) in [5.74, 6) is 0. The molecule has 0 aromatic heterocycles. The molecule has 0 atom stereocenters. The molecule has 0 N–H and O–H groups in total. The molecule has 0 spiro atoms. The number of nitrogens with zero attached hydrogens (tertiary/aromatic N) is 3. The Bertz CT molecular complexity index is 178. The molecule has 0 saturated carbocycles. The summed E-state index contributed by atoms with van der Waals surface area (Å²) in [6, 6.07) is 4.29. The van der Waals surface area contributed by atoms with Crippen molar-refractivity contribution in [3.05, 3.63) is 0 Å². The second-order valence-corrected chi connectivity index (χ2v) is 3.53. The minimum atomic E-state index is 0.669. The summed E-state index contributed by atoms with van der Waals surface area (Å²) in [7, 11) is 2.10. The van der Waals surface area contributed by atoms with Gasteiger partial charge in [0, 0.05) is 12.8 Å². The van der Waals surface area contributed by atoms with Gasteiger partial charge in [-0.2, -0.15) is 10.5 Å². The van der Waals surface area contributed by atoms with Gasteiger partial charge in [-0.3, -0.25) is 0 Å². The fourth-order valence-corrected chi connectivity index (χ4v) is 1.28. The van der Waals surface area contributed by atoms with Crippen molar-refractivity contribution < 1.29 is 0 Å². The molecule has 0 heterocycles. The maximum Gasteiger partial charge on any atom is 0.0621 e. The zero-order chi connectivity index (χ0) is 10.6. The van der Waals surface area contributed by atoms with Gasteiger partial charge in [0.15, 0.2) is 0 Å². The topological polar surface area (TPSA) is 50.8 Å². The van der Waals surface area contributed by atoms with Gasteiger partial charge in [0.2, 0.25) is 0 Å². The summed E-state index contributed by atoms with van der Waals surface area (Å²) >= 11 is 0. The summed E-state index contributed by atoms with van der Waals surface area (Å²) in [5.41, 5.74) is 0. The second-order valence-electron chi connectivity index (χ2n) is 3.53. The molecule has 0 bridgehead atoms. The van der Waals surface area contributed by atoms with E-state index in [1.165, 1.54) is 0 Å². The maximum absolute atomic E-state index is 8.34. The van der Waals surface area contributed by atoms with Gasteiger partial charge in [-0.05, 0) is 45.8 Å². The van der Waals surface area contributed by atoms with Crippen LogP contribution in [0.5, 0.6) is 0 Å². The van der Waals surface area contributed by atoms with Crippen LogP contribution in [-0.4, -0.2) is 25.0 Å². The van der Waals surface area contributed by atoms with E-state index in [0.717, 1.165) is 38.8 Å². The highest BCUT2D eigenvalue weighted by molar-refractivity contribution is 4.69. The second kappa shape index (κ2) is 10.0. The minimum absolute atomic E-state index is 0.669. The molecule has 0 unspecified atom stereocenters. The lowest BCUT2D eigenvalue weighted by Crippen LogP contribution is -2.20. The lowest BCUT2D eigenvalue weighted by Gasteiger charge is -2.15. The van der Waals surface area contributed by atoms with E-state index < -0.39 is 0 Å². The molecule has 0 aliphatic heterocycles. The first kappa shape index (κ1) is 12.9. The standard InChI is InChI=1S/C11H19N3/c1-14(10-6-2-4-8-12)11-7-3-5-9-13/h2-7,10-11H2,1H3. The zero-order valence-corrected chi connectivity index (χ0v) is 9.00. The normalized spacial score (nSPS) is 9.71. The van der Waals surface area contributed by atoms with E-state index in [0.29, 0.717) is 12.8 Å². The smallest absolute Gasteiger partial charge is 0.0621 e. The summed E-state index contributed by atoms with van der Waals surface area (Å²) in [5, 5.41) is 16.7. The molecule has 0 aromatic rings. The van der Waals surface area contributed by atoms with E-state index in [4.69, 9.17) is 10.5 Å². The van der Waals surface area contributed by atoms with Crippen LogP contribution in [0, 0.1) is 22.7 Å². The van der Waals surface area contributed by atoms with Gasteiger partial charge in [-0.1, -0.05) is 0 Å². The highest BCUT2D eigenvalue weighted by Gasteiger charge is 1.97. The lowest BCUT2D eigenvalue weighted by molar-refractivity contribution is 0.319. The summed E-state index contributed by atoms with van der Waals surface area (Å²) in [6.07, 6.45) is 5.53. The van der Waals surface area contributed by atoms with Crippen molar-refractivity contribution in [2.24, 2.45) is 0 Å². The van der Waals surface area contributed by atoms with Crippen LogP contribution >= 0.6 is 0 Å². The Balaban J connectivity index is 3.16. The van der Waals surface area contributed by atoms with Crippen LogP contribution < -0.4 is 0 Å². The fraction of sp³-hybridized carbons (Fsp3) is 0.818. The summed E-state index contributed by atoms with van der Waals surface area (Å²) in [4.78, 5) is 2.27. The Morgan fingerprint density at radius 3 is 1.64 bits per heavy atom. The Hall–Kier alpha value is -1.06. The van der Waals surface area contributed by atoms with Gasteiger partial charge in [0.05, 0.1) is 12.1 Å². The largest absolute Gasteiger partial charge is 0.306 e. The lowest BCUT2D eigenvalue weighted by atomic mass is 10.2. The number of rotatable bonds is 8. The van der Waals surface area contributed by atoms with Gasteiger partial charge < -0.3 is 4.90 Å². The third-order valence-electron chi connectivity index (χ3n) is 2.16. The minimum Gasteiger partial charge on any atom is -0.306 e. The van der Waals surface area contributed by atoms with Crippen LogP contribution in [0.25, 0.3) is 0 Å². The predicted molar refractivity (Wildman–Crippen MR) is 56.4 cm³/mol. The van der Waals surface area contributed by atoms with Gasteiger partial charge >= 0.3 is 0 Å². The third-order valence-corrected chi connectivity index (χ3v) is 2.16. The van der Waals surface area contributed by atoms with Crippen LogP contribution in [-0.2, 0) is 0 Å². The summed E-state index contributed by atoms with van der Waals surface area (Å²) < 4.78 is 0. The van der Waals surface area contributed by atoms with Gasteiger partial charge in [-0.15, -0.1) is 0 Å². The molecule has 3 heteroatoms. The fourth-order valence-electron chi connectivity index (χ4n) is 1.28. The first-order valence-corrected chi connectivity index (χ1v) is 5.23. The molecule has 0 radical (unpaired) electrons. The van der Waals surface area contributed by atoms with Gasteiger partial charge in [0.25, 0.3) is 0 Å². The Kier molecular flexibility index (Phi) is 9.26. The van der Waals surface area contributed by atoms with Crippen molar-refractivity contribution in [2.75, 3.05) is 20.1 Å². The van der Waals surface area contributed by atoms with Crippen molar-refractivity contribution in [3.8, 4) is 12.1 Å². The maximum atomic E-state index is 8.34. The molecule has 14 heavy (non-hydrogen) atoms. The van der Waals surface area contributed by atoms with Crippen LogP contribution in [0.3, 0.4) is 0 Å². The van der Waals surface area contributed by atoms with E-state index in [1.54, 1.807) is 0 Å². The number of unbranched alkanes of at least 4 members (excludes halogenated alkanes) is 4. The molecule has 0 aliphatic carbocycles. The molecular weight excluding hydrogens is 174 g/mol. The number of hydrogen-bond donors (Lipinski definition) is 0. The molecule has 0 amide bonds. The Morgan fingerprint density at radius 2 is 1.29 bits per heavy atom. The Labute approximate surface area is 86.9 Å². The molecule has 0 aromatic carbocycles. The molecule has 0 aliphatic rings. The van der Waals surface area contributed by atoms with E-state index in [1.807, 2.05) is 0 Å². The molecule has 78 valence electrons. The van der Waals surface area contributed by atoms with E-state index >= 15 is 0 Å². The van der Waals surface area contributed by atoms with Gasteiger partial charge in [0.1, 0.15) is 0 Å². The van der Waals surface area contributed by atoms with E-state index in [2.05, 4.69) is 24.1 Å². The van der Waals surface area contributed by atoms with E-state index in [9.17, 15) is 0 Å². The van der Waals surface area contributed by atoms with Crippen molar-refractivity contribution in [1.82, 2.24) is 4.90 Å². The summed E-state index contributed by atoms with van der Waals surface area (Å²) in [6.45, 7) is 2.13. The molecule has 0 fully saturated rings. The molecule has 0 saturated heterocycles. The first-order valence-electron chi connectivity index (χ1n) is 5.23. The van der Waals surface area contributed by atoms with Crippen molar-refractivity contribution in [2.45, 2.75) is 38.5 Å². The first-order chi connectivity index (χ1) is 6.81. The highest BCUT2D eigenvalue weighted by Crippen LogP contribution is 1.99. The van der Waals surface area contributed by atoms with Crippen molar-refractivity contribution in [1.29, 1.82) is 10.5 Å². The van der Waals surface area contributed by atoms with Gasteiger partial charge in [-0.25, -0.2) is 0 Å². The molecular formula is C11H19N3. The van der Waals surface area contributed by atoms with E-state index in [-0.39, 0.29) is 0 Å². The average molecular weight is 193 g/mol. The van der Waals surface area contributed by atoms with Crippen LogP contribution in [0.4, 0.5) is 0 Å². The number of hydrogen-bond acceptors (Lipinski definition) is 3.